The number of aliphatic hydroxyl groups excluding tert-OH is 1. The zero-order valence-electron chi connectivity index (χ0n) is 41.7. The van der Waals surface area contributed by atoms with Crippen LogP contribution in [-0.2, 0) is 18.4 Å². The van der Waals surface area contributed by atoms with Gasteiger partial charge in [-0.1, -0.05) is 258 Å². The third kappa shape index (κ3) is 47.3. The molecule has 61 heavy (non-hydrogen) atoms. The lowest BCUT2D eigenvalue weighted by atomic mass is 10.0. The Labute approximate surface area is 380 Å². The van der Waals surface area contributed by atoms with Crippen LogP contribution in [0.2, 0.25) is 0 Å². The van der Waals surface area contributed by atoms with Crippen molar-refractivity contribution in [1.82, 2.24) is 5.32 Å². The number of amides is 1. The monoisotopic (exact) mass is 887 g/mol. The lowest BCUT2D eigenvalue weighted by Crippen LogP contribution is -2.46. The van der Waals surface area contributed by atoms with E-state index in [0.29, 0.717) is 23.9 Å². The first-order valence-electron chi connectivity index (χ1n) is 26.9. The molecule has 3 atom stereocenters. The molecule has 0 aliphatic carbocycles. The fourth-order valence-corrected chi connectivity index (χ4v) is 9.06. The molecule has 0 rings (SSSR count). The third-order valence-electron chi connectivity index (χ3n) is 12.6. The third-order valence-corrected chi connectivity index (χ3v) is 13.6. The highest BCUT2D eigenvalue weighted by molar-refractivity contribution is 7.45. The number of likely N-dealkylation sites (N-methyl/N-ethyl adjacent to an activating group) is 1. The van der Waals surface area contributed by atoms with Gasteiger partial charge in [-0.05, 0) is 12.8 Å². The minimum absolute atomic E-state index is 0.0140. The number of rotatable bonds is 50. The summed E-state index contributed by atoms with van der Waals surface area (Å²) >= 11 is 0. The second-order valence-corrected chi connectivity index (χ2v) is 21.4. The molecule has 0 aromatic heterocycles. The van der Waals surface area contributed by atoms with E-state index in [1.165, 1.54) is 212 Å². The van der Waals surface area contributed by atoms with Crippen LogP contribution < -0.4 is 10.2 Å². The van der Waals surface area contributed by atoms with Gasteiger partial charge in [0.15, 0.2) is 0 Å². The van der Waals surface area contributed by atoms with Crippen molar-refractivity contribution < 1.29 is 32.9 Å². The molecule has 8 nitrogen and oxygen atoms in total. The fourth-order valence-electron chi connectivity index (χ4n) is 8.34. The second kappa shape index (κ2) is 44.7. The largest absolute Gasteiger partial charge is 0.756 e. The zero-order chi connectivity index (χ0) is 45.0. The summed E-state index contributed by atoms with van der Waals surface area (Å²) in [5.74, 6) is -0.170. The molecule has 0 fully saturated rings. The van der Waals surface area contributed by atoms with Gasteiger partial charge in [-0.25, -0.2) is 0 Å². The summed E-state index contributed by atoms with van der Waals surface area (Å²) in [6, 6.07) is -0.790. The molecule has 0 saturated carbocycles. The van der Waals surface area contributed by atoms with Crippen molar-refractivity contribution >= 4 is 13.7 Å². The number of phosphoric ester groups is 1. The molecule has 0 heterocycles. The van der Waals surface area contributed by atoms with Gasteiger partial charge in [0.05, 0.1) is 39.9 Å². The number of hydrogen-bond donors (Lipinski definition) is 2. The summed E-state index contributed by atoms with van der Waals surface area (Å²) in [6.07, 6.45) is 52.6. The molecule has 0 aliphatic rings. The molecule has 0 spiro atoms. The molecule has 9 heteroatoms. The molecular formula is C52H107N2O6P. The van der Waals surface area contributed by atoms with Gasteiger partial charge in [0.2, 0.25) is 5.91 Å². The molecule has 0 saturated heterocycles. The zero-order valence-corrected chi connectivity index (χ0v) is 42.5. The molecule has 366 valence electrons. The van der Waals surface area contributed by atoms with Gasteiger partial charge >= 0.3 is 0 Å². The Bertz CT molecular complexity index is 963. The van der Waals surface area contributed by atoms with E-state index in [9.17, 15) is 19.4 Å². The van der Waals surface area contributed by atoms with Crippen LogP contribution in [0.25, 0.3) is 0 Å². The molecule has 3 unspecified atom stereocenters. The normalized spacial score (nSPS) is 14.0. The van der Waals surface area contributed by atoms with Crippen LogP contribution in [0.3, 0.4) is 0 Å². The maximum Gasteiger partial charge on any atom is 0.268 e. The van der Waals surface area contributed by atoms with E-state index >= 15 is 0 Å². The van der Waals surface area contributed by atoms with Crippen molar-refractivity contribution in [2.45, 2.75) is 289 Å². The minimum atomic E-state index is -4.54. The topological polar surface area (TPSA) is 108 Å². The van der Waals surface area contributed by atoms with Crippen LogP contribution in [0.4, 0.5) is 0 Å². The molecule has 1 amide bonds. The number of hydrogen-bond acceptors (Lipinski definition) is 6. The number of quaternary nitrogens is 1. The average Bonchev–Trinajstić information content (AvgIpc) is 3.21. The molecule has 0 bridgehead atoms. The summed E-state index contributed by atoms with van der Waals surface area (Å²) < 4.78 is 23.0. The smallest absolute Gasteiger partial charge is 0.268 e. The first-order chi connectivity index (χ1) is 29.5. The van der Waals surface area contributed by atoms with Crippen LogP contribution in [0, 0.1) is 0 Å². The van der Waals surface area contributed by atoms with E-state index in [0.717, 1.165) is 38.5 Å². The highest BCUT2D eigenvalue weighted by Crippen LogP contribution is 2.38. The average molecular weight is 887 g/mol. The van der Waals surface area contributed by atoms with Crippen LogP contribution in [0.15, 0.2) is 0 Å². The Hall–Kier alpha value is -0.500. The predicted molar refractivity (Wildman–Crippen MR) is 261 cm³/mol. The van der Waals surface area contributed by atoms with Crippen molar-refractivity contribution in [3.05, 3.63) is 0 Å². The second-order valence-electron chi connectivity index (χ2n) is 20.0. The van der Waals surface area contributed by atoms with E-state index in [1.807, 2.05) is 21.1 Å². The van der Waals surface area contributed by atoms with Crippen LogP contribution >= 0.6 is 7.82 Å². The van der Waals surface area contributed by atoms with Crippen molar-refractivity contribution in [2.75, 3.05) is 40.9 Å². The Morgan fingerprint density at radius 2 is 0.803 bits per heavy atom. The first kappa shape index (κ1) is 60.5. The minimum Gasteiger partial charge on any atom is -0.756 e. The van der Waals surface area contributed by atoms with Crippen molar-refractivity contribution in [1.29, 1.82) is 0 Å². The molecular weight excluding hydrogens is 780 g/mol. The van der Waals surface area contributed by atoms with Crippen LogP contribution in [0.5, 0.6) is 0 Å². The van der Waals surface area contributed by atoms with Gasteiger partial charge in [0.25, 0.3) is 7.82 Å². The first-order valence-corrected chi connectivity index (χ1v) is 28.3. The number of carbonyl (C=O) groups is 1. The molecule has 0 radical (unpaired) electrons. The number of aliphatic hydroxyl groups is 1. The highest BCUT2D eigenvalue weighted by Gasteiger charge is 2.24. The van der Waals surface area contributed by atoms with E-state index in [-0.39, 0.29) is 19.1 Å². The van der Waals surface area contributed by atoms with E-state index in [4.69, 9.17) is 9.05 Å². The van der Waals surface area contributed by atoms with Crippen LogP contribution in [-0.4, -0.2) is 68.5 Å². The number of nitrogens with zero attached hydrogens (tertiary/aromatic N) is 1. The van der Waals surface area contributed by atoms with Gasteiger partial charge in [0, 0.05) is 6.42 Å². The van der Waals surface area contributed by atoms with Crippen molar-refractivity contribution in [3.8, 4) is 0 Å². The Kier molecular flexibility index (Phi) is 44.3. The standard InChI is InChI=1S/C52H107N2O6P/c1-6-8-10-11-12-13-14-15-16-17-18-19-20-21-22-23-24-25-26-27-28-29-30-31-32-33-34-35-36-37-38-39-40-41-42-44-46-52(56)53-50(51(55)45-43-9-7-2)49-60-61(57,58)59-48-47-54(3,4)5/h50-51,55H,6-49H2,1-5H3,(H-,53,56,57,58). The SMILES string of the molecule is CCCCCCCCCCCCCCCCCCCCCCCCCCCCCCCCCCCCCCC(=O)NC(COP(=O)([O-])OCC[N+](C)(C)C)C(O)CCCCC. The fraction of sp³-hybridized carbons (Fsp3) is 0.981. The quantitative estimate of drug-likeness (QED) is 0.0358. The Morgan fingerprint density at radius 1 is 0.508 bits per heavy atom. The maximum atomic E-state index is 12.7. The predicted octanol–water partition coefficient (Wildman–Crippen LogP) is 15.1. The van der Waals surface area contributed by atoms with Gasteiger partial charge in [-0.2, -0.15) is 0 Å². The molecule has 0 aliphatic heterocycles. The lowest BCUT2D eigenvalue weighted by Gasteiger charge is -2.30. The summed E-state index contributed by atoms with van der Waals surface area (Å²) in [5, 5.41) is 13.6. The lowest BCUT2D eigenvalue weighted by molar-refractivity contribution is -0.870. The summed E-state index contributed by atoms with van der Waals surface area (Å²) in [7, 11) is 1.31. The summed E-state index contributed by atoms with van der Waals surface area (Å²) in [4.78, 5) is 25.0. The van der Waals surface area contributed by atoms with Crippen LogP contribution in [0.1, 0.15) is 277 Å². The van der Waals surface area contributed by atoms with Gasteiger partial charge in [0.1, 0.15) is 13.2 Å². The Morgan fingerprint density at radius 3 is 1.11 bits per heavy atom. The summed E-state index contributed by atoms with van der Waals surface area (Å²) in [6.45, 7) is 4.58. The Balaban J connectivity index is 3.58. The molecule has 2 N–H and O–H groups in total. The van der Waals surface area contributed by atoms with E-state index in [1.54, 1.807) is 0 Å². The number of nitrogens with one attached hydrogen (secondary N) is 1. The maximum absolute atomic E-state index is 12.7. The summed E-state index contributed by atoms with van der Waals surface area (Å²) in [5.41, 5.74) is 0. The van der Waals surface area contributed by atoms with Crippen molar-refractivity contribution in [3.63, 3.8) is 0 Å². The highest BCUT2D eigenvalue weighted by atomic mass is 31.2. The van der Waals surface area contributed by atoms with Gasteiger partial charge in [-0.3, -0.25) is 9.36 Å². The van der Waals surface area contributed by atoms with Gasteiger partial charge in [-0.15, -0.1) is 0 Å². The van der Waals surface area contributed by atoms with E-state index in [2.05, 4.69) is 19.2 Å². The van der Waals surface area contributed by atoms with Gasteiger partial charge < -0.3 is 28.8 Å². The number of phosphoric acid groups is 1. The number of unbranched alkanes of at least 4 members (excludes halogenated alkanes) is 37. The molecule has 0 aromatic rings. The number of carbonyl (C=O) groups excluding carboxylic acids is 1. The van der Waals surface area contributed by atoms with E-state index < -0.39 is 20.0 Å². The molecule has 0 aromatic carbocycles. The van der Waals surface area contributed by atoms with Crippen molar-refractivity contribution in [2.24, 2.45) is 0 Å².